The molecule has 0 radical (unpaired) electrons. The molecule has 6 N–H and O–H groups in total. The Morgan fingerprint density at radius 3 is 1.32 bits per heavy atom. The van der Waals surface area contributed by atoms with Crippen molar-refractivity contribution in [2.75, 3.05) is 13.2 Å². The molecule has 1 heterocycles. The van der Waals surface area contributed by atoms with E-state index in [2.05, 4.69) is 74.7 Å². The highest BCUT2D eigenvalue weighted by Crippen LogP contribution is 2.26. The largest absolute Gasteiger partial charge is 0.454 e. The molecule has 1 aliphatic heterocycles. The summed E-state index contributed by atoms with van der Waals surface area (Å²) in [6.45, 7) is 5.77. The van der Waals surface area contributed by atoms with Crippen molar-refractivity contribution in [2.24, 2.45) is 0 Å². The van der Waals surface area contributed by atoms with Crippen LogP contribution in [0.25, 0.3) is 0 Å². The molecule has 1 fully saturated rings. The second-order valence-electron chi connectivity index (χ2n) is 23.2. The Bertz CT molecular complexity index is 1530. The lowest BCUT2D eigenvalue weighted by Gasteiger charge is -2.41. The third-order valence-corrected chi connectivity index (χ3v) is 15.6. The van der Waals surface area contributed by atoms with Crippen molar-refractivity contribution < 1.29 is 49.3 Å². The minimum Gasteiger partial charge on any atom is -0.454 e. The van der Waals surface area contributed by atoms with Crippen LogP contribution in [0.1, 0.15) is 303 Å². The number of aliphatic hydroxyl groups excluding tert-OH is 5. The van der Waals surface area contributed by atoms with Crippen LogP contribution in [0.5, 0.6) is 0 Å². The molecule has 0 aromatic carbocycles. The molecule has 0 aromatic rings. The molecule has 1 rings (SSSR count). The lowest BCUT2D eigenvalue weighted by atomic mass is 9.99. The van der Waals surface area contributed by atoms with Crippen LogP contribution in [0, 0.1) is 0 Å². The number of hydrogen-bond acceptors (Lipinski definition) is 10. The number of carbonyl (C=O) groups is 2. The van der Waals surface area contributed by atoms with Gasteiger partial charge in [-0.25, -0.2) is 0 Å². The van der Waals surface area contributed by atoms with E-state index in [1.165, 1.54) is 173 Å². The molecule has 466 valence electrons. The number of esters is 1. The standard InChI is InChI=1S/C69H125NO10/c1-4-7-10-13-16-19-22-25-27-29-31-32-33-35-37-39-42-45-48-51-54-57-64(74)80-67-66(76)65(75)63(58-71)79-69(67)78-59-60(61(72)55-52-49-46-43-40-24-21-18-15-12-9-6-3)70-68(77)62(73)56-53-50-47-44-41-38-36-34-30-28-26-23-20-17-14-11-8-5-2/h17,20,25-28,34,36,52,55,60-63,65-67,69,71-73,75-76H,4-16,18-19,21-24,29-33,35,37-51,53-54,56-59H2,1-3H3,(H,70,77)/b20-17-,27-25+,28-26-,36-34-,55-52+. The van der Waals surface area contributed by atoms with Crippen molar-refractivity contribution in [3.05, 3.63) is 60.8 Å². The molecule has 11 heteroatoms. The number of rotatable bonds is 57. The van der Waals surface area contributed by atoms with Gasteiger partial charge in [-0.2, -0.15) is 0 Å². The monoisotopic (exact) mass is 1130 g/mol. The summed E-state index contributed by atoms with van der Waals surface area (Å²) in [6.07, 6.45) is 61.1. The van der Waals surface area contributed by atoms with Gasteiger partial charge in [-0.15, -0.1) is 0 Å². The normalized spacial score (nSPS) is 19.1. The molecule has 0 saturated carbocycles. The molecule has 1 amide bonds. The molecule has 0 aromatic heterocycles. The van der Waals surface area contributed by atoms with Crippen LogP contribution in [0.2, 0.25) is 0 Å². The van der Waals surface area contributed by atoms with Crippen molar-refractivity contribution in [3.8, 4) is 0 Å². The first-order chi connectivity index (χ1) is 39.2. The minimum atomic E-state index is -1.62. The molecule has 0 aliphatic carbocycles. The molecule has 0 bridgehead atoms. The minimum absolute atomic E-state index is 0.121. The molecule has 0 spiro atoms. The van der Waals surface area contributed by atoms with Gasteiger partial charge in [0, 0.05) is 6.42 Å². The molecule has 1 aliphatic rings. The highest BCUT2D eigenvalue weighted by Gasteiger charge is 2.47. The number of carbonyl (C=O) groups excluding carboxylic acids is 2. The maximum Gasteiger partial charge on any atom is 0.306 e. The van der Waals surface area contributed by atoms with Gasteiger partial charge in [0.05, 0.1) is 25.4 Å². The van der Waals surface area contributed by atoms with Gasteiger partial charge >= 0.3 is 5.97 Å². The highest BCUT2D eigenvalue weighted by atomic mass is 16.7. The van der Waals surface area contributed by atoms with Crippen LogP contribution >= 0.6 is 0 Å². The second kappa shape index (κ2) is 56.8. The number of amides is 1. The Morgan fingerprint density at radius 2 is 0.863 bits per heavy atom. The van der Waals surface area contributed by atoms with Gasteiger partial charge in [0.15, 0.2) is 12.4 Å². The number of nitrogens with one attached hydrogen (secondary N) is 1. The molecule has 80 heavy (non-hydrogen) atoms. The molecule has 1 saturated heterocycles. The summed E-state index contributed by atoms with van der Waals surface area (Å²) >= 11 is 0. The van der Waals surface area contributed by atoms with Crippen molar-refractivity contribution in [1.29, 1.82) is 0 Å². The van der Waals surface area contributed by atoms with Gasteiger partial charge in [0.2, 0.25) is 5.91 Å². The predicted molar refractivity (Wildman–Crippen MR) is 333 cm³/mol. The lowest BCUT2D eigenvalue weighted by Crippen LogP contribution is -2.61. The zero-order chi connectivity index (χ0) is 58.2. The van der Waals surface area contributed by atoms with Gasteiger partial charge in [0.25, 0.3) is 0 Å². The number of allylic oxidation sites excluding steroid dienone is 9. The fourth-order valence-corrected chi connectivity index (χ4v) is 10.3. The first kappa shape index (κ1) is 75.4. The molecular formula is C69H125NO10. The number of aliphatic hydroxyl groups is 5. The average molecular weight is 1130 g/mol. The van der Waals surface area contributed by atoms with Crippen molar-refractivity contribution >= 4 is 11.9 Å². The van der Waals surface area contributed by atoms with Crippen LogP contribution in [-0.2, 0) is 23.8 Å². The summed E-state index contributed by atoms with van der Waals surface area (Å²) in [7, 11) is 0. The van der Waals surface area contributed by atoms with Crippen LogP contribution in [-0.4, -0.2) is 99.6 Å². The van der Waals surface area contributed by atoms with Crippen molar-refractivity contribution in [2.45, 2.75) is 352 Å². The van der Waals surface area contributed by atoms with Gasteiger partial charge in [-0.05, 0) is 89.9 Å². The summed E-state index contributed by atoms with van der Waals surface area (Å²) in [6, 6.07) is -1.03. The van der Waals surface area contributed by atoms with E-state index in [9.17, 15) is 35.1 Å². The third kappa shape index (κ3) is 44.0. The van der Waals surface area contributed by atoms with E-state index in [1.807, 2.05) is 6.08 Å². The van der Waals surface area contributed by atoms with Crippen LogP contribution in [0.3, 0.4) is 0 Å². The Balaban J connectivity index is 2.63. The Morgan fingerprint density at radius 1 is 0.487 bits per heavy atom. The summed E-state index contributed by atoms with van der Waals surface area (Å²) in [5.74, 6) is -1.20. The fourth-order valence-electron chi connectivity index (χ4n) is 10.3. The Kier molecular flexibility index (Phi) is 53.5. The zero-order valence-electron chi connectivity index (χ0n) is 51.7. The zero-order valence-corrected chi connectivity index (χ0v) is 51.7. The maximum absolute atomic E-state index is 13.4. The van der Waals surface area contributed by atoms with Gasteiger partial charge in [0.1, 0.15) is 24.4 Å². The first-order valence-corrected chi connectivity index (χ1v) is 33.6. The first-order valence-electron chi connectivity index (χ1n) is 33.6. The van der Waals surface area contributed by atoms with E-state index in [-0.39, 0.29) is 19.4 Å². The molecule has 8 unspecified atom stereocenters. The SMILES string of the molecule is CCCCC/C=C\C/C=C\C/C=C\CCCCCCCC(O)C(=O)NC(COC1OC(CO)C(O)C(O)C1OC(=O)CCCCCCCCCCCCC/C=C/CCCCCCCC)C(O)/C=C/CCCCCCCCCCCC. The average Bonchev–Trinajstić information content (AvgIpc) is 3.45. The van der Waals surface area contributed by atoms with E-state index in [0.717, 1.165) is 83.5 Å². The quantitative estimate of drug-likeness (QED) is 0.0195. The topological polar surface area (TPSA) is 175 Å². The van der Waals surface area contributed by atoms with E-state index in [1.54, 1.807) is 6.08 Å². The summed E-state index contributed by atoms with van der Waals surface area (Å²) in [4.78, 5) is 26.6. The fraction of sp³-hybridized carbons (Fsp3) is 0.826. The summed E-state index contributed by atoms with van der Waals surface area (Å²) < 4.78 is 17.7. The van der Waals surface area contributed by atoms with Crippen LogP contribution in [0.15, 0.2) is 60.8 Å². The lowest BCUT2D eigenvalue weighted by molar-refractivity contribution is -0.305. The van der Waals surface area contributed by atoms with Crippen LogP contribution < -0.4 is 5.32 Å². The van der Waals surface area contributed by atoms with Gasteiger partial charge in [-0.3, -0.25) is 9.59 Å². The number of unbranched alkanes of at least 4 members (excludes halogenated alkanes) is 35. The van der Waals surface area contributed by atoms with E-state index >= 15 is 0 Å². The molecular weight excluding hydrogens is 1000 g/mol. The summed E-state index contributed by atoms with van der Waals surface area (Å²) in [5, 5.41) is 57.1. The van der Waals surface area contributed by atoms with Gasteiger partial charge in [-0.1, -0.05) is 268 Å². The molecule has 8 atom stereocenters. The maximum atomic E-state index is 13.4. The number of ether oxygens (including phenoxy) is 3. The Hall–Kier alpha value is -2.64. The van der Waals surface area contributed by atoms with Crippen molar-refractivity contribution in [1.82, 2.24) is 5.32 Å². The predicted octanol–water partition coefficient (Wildman–Crippen LogP) is 16.6. The van der Waals surface area contributed by atoms with Crippen molar-refractivity contribution in [3.63, 3.8) is 0 Å². The van der Waals surface area contributed by atoms with E-state index < -0.39 is 67.4 Å². The van der Waals surface area contributed by atoms with Crippen LogP contribution in [0.4, 0.5) is 0 Å². The van der Waals surface area contributed by atoms with Gasteiger partial charge < -0.3 is 45.1 Å². The van der Waals surface area contributed by atoms with E-state index in [0.29, 0.717) is 12.8 Å². The smallest absolute Gasteiger partial charge is 0.306 e. The number of hydrogen-bond donors (Lipinski definition) is 6. The Labute approximate surface area is 490 Å². The second-order valence-corrected chi connectivity index (χ2v) is 23.2. The highest BCUT2D eigenvalue weighted by molar-refractivity contribution is 5.80. The molecule has 11 nitrogen and oxygen atoms in total. The third-order valence-electron chi connectivity index (χ3n) is 15.6. The van der Waals surface area contributed by atoms with E-state index in [4.69, 9.17) is 14.2 Å². The summed E-state index contributed by atoms with van der Waals surface area (Å²) in [5.41, 5.74) is 0.